The van der Waals surface area contributed by atoms with Gasteiger partial charge in [-0.15, -0.1) is 24.0 Å². The summed E-state index contributed by atoms with van der Waals surface area (Å²) in [7, 11) is 1.75. The van der Waals surface area contributed by atoms with Crippen molar-refractivity contribution in [3.8, 4) is 5.75 Å². The van der Waals surface area contributed by atoms with Gasteiger partial charge in [-0.05, 0) is 37.5 Å². The van der Waals surface area contributed by atoms with Crippen LogP contribution in [-0.2, 0) is 4.74 Å². The number of aryl methyl sites for hydroxylation is 1. The Bertz CT molecular complexity index is 534. The van der Waals surface area contributed by atoms with Gasteiger partial charge in [0, 0.05) is 32.2 Å². The topological polar surface area (TPSA) is 75.1 Å². The molecular weight excluding hydrogens is 433 g/mol. The molecule has 0 aromatic heterocycles. The van der Waals surface area contributed by atoms with Crippen LogP contribution >= 0.6 is 24.0 Å². The molecule has 1 aromatic carbocycles. The molecule has 25 heavy (non-hydrogen) atoms. The van der Waals surface area contributed by atoms with Crippen molar-refractivity contribution in [1.82, 2.24) is 10.6 Å². The van der Waals surface area contributed by atoms with E-state index in [1.165, 1.54) is 5.56 Å². The van der Waals surface area contributed by atoms with Crippen molar-refractivity contribution in [2.75, 3.05) is 46.6 Å². The van der Waals surface area contributed by atoms with Crippen LogP contribution in [0, 0.1) is 12.3 Å². The van der Waals surface area contributed by atoms with Gasteiger partial charge in [0.05, 0.1) is 13.2 Å². The summed E-state index contributed by atoms with van der Waals surface area (Å²) in [6, 6.07) is 8.01. The number of rotatable bonds is 8. The third-order valence-corrected chi connectivity index (χ3v) is 4.33. The predicted molar refractivity (Wildman–Crippen MR) is 111 cm³/mol. The van der Waals surface area contributed by atoms with Crippen LogP contribution in [0.3, 0.4) is 0 Å². The molecule has 0 radical (unpaired) electrons. The summed E-state index contributed by atoms with van der Waals surface area (Å²) in [6.45, 7) is 5.65. The number of ether oxygens (including phenoxy) is 2. The van der Waals surface area contributed by atoms with E-state index in [9.17, 15) is 5.11 Å². The van der Waals surface area contributed by atoms with Gasteiger partial charge < -0.3 is 25.2 Å². The smallest absolute Gasteiger partial charge is 0.191 e. The number of aliphatic hydroxyl groups excluding tert-OH is 1. The Hall–Kier alpha value is -1.06. The third-order valence-electron chi connectivity index (χ3n) is 4.33. The number of nitrogens with zero attached hydrogens (tertiary/aromatic N) is 1. The van der Waals surface area contributed by atoms with Gasteiger partial charge in [-0.2, -0.15) is 0 Å². The Labute approximate surface area is 167 Å². The maximum Gasteiger partial charge on any atom is 0.191 e. The van der Waals surface area contributed by atoms with Gasteiger partial charge >= 0.3 is 0 Å². The van der Waals surface area contributed by atoms with Crippen molar-refractivity contribution in [3.05, 3.63) is 29.8 Å². The summed E-state index contributed by atoms with van der Waals surface area (Å²) >= 11 is 0. The van der Waals surface area contributed by atoms with Crippen LogP contribution in [0.5, 0.6) is 5.75 Å². The number of halogens is 1. The van der Waals surface area contributed by atoms with E-state index in [0.717, 1.165) is 37.7 Å². The quantitative estimate of drug-likeness (QED) is 0.238. The fourth-order valence-corrected chi connectivity index (χ4v) is 2.85. The zero-order chi connectivity index (χ0) is 17.3. The Balaban J connectivity index is 0.00000312. The lowest BCUT2D eigenvalue weighted by Crippen LogP contribution is -2.45. The van der Waals surface area contributed by atoms with E-state index in [2.05, 4.69) is 15.6 Å². The van der Waals surface area contributed by atoms with E-state index in [-0.39, 0.29) is 36.0 Å². The van der Waals surface area contributed by atoms with Crippen LogP contribution in [0.15, 0.2) is 29.3 Å². The predicted octanol–water partition coefficient (Wildman–Crippen LogP) is 1.95. The monoisotopic (exact) mass is 463 g/mol. The highest BCUT2D eigenvalue weighted by atomic mass is 127. The Morgan fingerprint density at radius 3 is 2.88 bits per heavy atom. The second-order valence-electron chi connectivity index (χ2n) is 6.29. The molecule has 0 saturated carbocycles. The third kappa shape index (κ3) is 7.37. The van der Waals surface area contributed by atoms with E-state index in [4.69, 9.17) is 9.47 Å². The summed E-state index contributed by atoms with van der Waals surface area (Å²) in [5.74, 6) is 1.62. The number of hydrogen-bond acceptors (Lipinski definition) is 4. The molecule has 3 N–H and O–H groups in total. The molecule has 1 aliphatic rings. The average molecular weight is 463 g/mol. The van der Waals surface area contributed by atoms with Crippen LogP contribution in [0.2, 0.25) is 0 Å². The second-order valence-corrected chi connectivity index (χ2v) is 6.29. The summed E-state index contributed by atoms with van der Waals surface area (Å²) in [4.78, 5) is 4.23. The standard InChI is InChI=1S/C18H29N3O3.HI/c1-15-4-3-5-16(12-15)24-11-8-20-17(19-2)21-13-18(6-9-22)7-10-23-14-18;/h3-5,12,22H,6-11,13-14H2,1-2H3,(H2,19,20,21);1H. The van der Waals surface area contributed by atoms with Crippen molar-refractivity contribution in [2.45, 2.75) is 19.8 Å². The minimum absolute atomic E-state index is 0. The summed E-state index contributed by atoms with van der Waals surface area (Å²) in [5.41, 5.74) is 1.19. The molecule has 1 heterocycles. The lowest BCUT2D eigenvalue weighted by molar-refractivity contribution is 0.127. The van der Waals surface area contributed by atoms with Gasteiger partial charge in [0.15, 0.2) is 5.96 Å². The van der Waals surface area contributed by atoms with Crippen LogP contribution < -0.4 is 15.4 Å². The highest BCUT2D eigenvalue weighted by molar-refractivity contribution is 14.0. The molecule has 1 fully saturated rings. The van der Waals surface area contributed by atoms with E-state index < -0.39 is 0 Å². The average Bonchev–Trinajstić information content (AvgIpc) is 3.03. The molecule has 0 amide bonds. The van der Waals surface area contributed by atoms with Crippen molar-refractivity contribution in [3.63, 3.8) is 0 Å². The molecule has 7 heteroatoms. The summed E-state index contributed by atoms with van der Waals surface area (Å²) in [6.07, 6.45) is 1.71. The van der Waals surface area contributed by atoms with Crippen molar-refractivity contribution >= 4 is 29.9 Å². The molecule has 2 rings (SSSR count). The van der Waals surface area contributed by atoms with Gasteiger partial charge in [-0.1, -0.05) is 12.1 Å². The zero-order valence-corrected chi connectivity index (χ0v) is 17.4. The first-order valence-electron chi connectivity index (χ1n) is 8.50. The molecule has 0 bridgehead atoms. The van der Waals surface area contributed by atoms with Crippen molar-refractivity contribution in [2.24, 2.45) is 10.4 Å². The molecule has 1 aromatic rings. The largest absolute Gasteiger partial charge is 0.492 e. The first kappa shape index (κ1) is 22.0. The molecule has 1 unspecified atom stereocenters. The fourth-order valence-electron chi connectivity index (χ4n) is 2.85. The molecular formula is C18H30IN3O3. The summed E-state index contributed by atoms with van der Waals surface area (Å²) in [5, 5.41) is 15.9. The Kier molecular flexibility index (Phi) is 10.1. The number of guanidine groups is 1. The molecule has 1 saturated heterocycles. The SMILES string of the molecule is CN=C(NCCOc1cccc(C)c1)NCC1(CCO)CCOC1.I. The van der Waals surface area contributed by atoms with Gasteiger partial charge in [0.2, 0.25) is 0 Å². The molecule has 6 nitrogen and oxygen atoms in total. The van der Waals surface area contributed by atoms with Crippen molar-refractivity contribution < 1.29 is 14.6 Å². The lowest BCUT2D eigenvalue weighted by Gasteiger charge is -2.27. The van der Waals surface area contributed by atoms with Gasteiger partial charge in [-0.3, -0.25) is 4.99 Å². The number of benzene rings is 1. The Morgan fingerprint density at radius 2 is 2.24 bits per heavy atom. The van der Waals surface area contributed by atoms with E-state index >= 15 is 0 Å². The summed E-state index contributed by atoms with van der Waals surface area (Å²) < 4.78 is 11.2. The van der Waals surface area contributed by atoms with E-state index in [0.29, 0.717) is 19.8 Å². The first-order chi connectivity index (χ1) is 11.7. The molecule has 1 aliphatic heterocycles. The highest BCUT2D eigenvalue weighted by Crippen LogP contribution is 2.31. The van der Waals surface area contributed by atoms with E-state index in [1.54, 1.807) is 7.05 Å². The van der Waals surface area contributed by atoms with Gasteiger partial charge in [0.1, 0.15) is 12.4 Å². The van der Waals surface area contributed by atoms with Crippen LogP contribution in [0.1, 0.15) is 18.4 Å². The maximum atomic E-state index is 9.27. The van der Waals surface area contributed by atoms with Gasteiger partial charge in [0.25, 0.3) is 0 Å². The fraction of sp³-hybridized carbons (Fsp3) is 0.611. The minimum atomic E-state index is 0. The van der Waals surface area contributed by atoms with Gasteiger partial charge in [-0.25, -0.2) is 0 Å². The normalized spacial score (nSPS) is 20.0. The number of aliphatic hydroxyl groups is 1. The Morgan fingerprint density at radius 1 is 1.40 bits per heavy atom. The maximum absolute atomic E-state index is 9.27. The van der Waals surface area contributed by atoms with Crippen molar-refractivity contribution in [1.29, 1.82) is 0 Å². The second kappa shape index (κ2) is 11.5. The zero-order valence-electron chi connectivity index (χ0n) is 15.1. The highest BCUT2D eigenvalue weighted by Gasteiger charge is 2.34. The number of aliphatic imine (C=N–C) groups is 1. The number of nitrogens with one attached hydrogen (secondary N) is 2. The van der Waals surface area contributed by atoms with Crippen LogP contribution in [0.25, 0.3) is 0 Å². The van der Waals surface area contributed by atoms with E-state index in [1.807, 2.05) is 31.2 Å². The molecule has 0 spiro atoms. The van der Waals surface area contributed by atoms with Crippen LogP contribution in [-0.4, -0.2) is 57.6 Å². The molecule has 1 atom stereocenters. The lowest BCUT2D eigenvalue weighted by atomic mass is 9.84. The molecule has 0 aliphatic carbocycles. The first-order valence-corrected chi connectivity index (χ1v) is 8.50. The molecule has 142 valence electrons. The van der Waals surface area contributed by atoms with Crippen LogP contribution in [0.4, 0.5) is 0 Å². The number of hydrogen-bond donors (Lipinski definition) is 3. The minimum Gasteiger partial charge on any atom is -0.492 e.